The fourth-order valence-electron chi connectivity index (χ4n) is 3.16. The van der Waals surface area contributed by atoms with E-state index >= 15 is 0 Å². The van der Waals surface area contributed by atoms with Gasteiger partial charge in [0.25, 0.3) is 11.8 Å². The molecule has 0 unspecified atom stereocenters. The molecule has 1 aliphatic rings. The Labute approximate surface area is 173 Å². The van der Waals surface area contributed by atoms with Gasteiger partial charge in [-0.05, 0) is 42.0 Å². The predicted octanol–water partition coefficient (Wildman–Crippen LogP) is 1.26. The van der Waals surface area contributed by atoms with Crippen molar-refractivity contribution in [2.75, 3.05) is 19.1 Å². The zero-order valence-electron chi connectivity index (χ0n) is 16.6. The average Bonchev–Trinajstić information content (AvgIpc) is 3.19. The van der Waals surface area contributed by atoms with Gasteiger partial charge in [0.2, 0.25) is 5.91 Å². The Bertz CT molecular complexity index is 989. The Hall–Kier alpha value is -3.75. The first-order chi connectivity index (χ1) is 14.3. The summed E-state index contributed by atoms with van der Waals surface area (Å²) in [4.78, 5) is 37.8. The summed E-state index contributed by atoms with van der Waals surface area (Å²) in [7, 11) is 3.18. The van der Waals surface area contributed by atoms with Crippen LogP contribution in [0.5, 0.6) is 0 Å². The highest BCUT2D eigenvalue weighted by Crippen LogP contribution is 2.25. The average molecular weight is 411 g/mol. The maximum Gasteiger partial charge on any atom is 0.270 e. The Morgan fingerprint density at radius 3 is 2.37 bits per heavy atom. The van der Waals surface area contributed by atoms with E-state index in [1.54, 1.807) is 38.4 Å². The molecule has 3 N–H and O–H groups in total. The van der Waals surface area contributed by atoms with Crippen LogP contribution in [-0.2, 0) is 16.1 Å². The summed E-state index contributed by atoms with van der Waals surface area (Å²) in [6.45, 7) is 0.295. The van der Waals surface area contributed by atoms with Crippen LogP contribution in [0.4, 0.5) is 10.1 Å². The normalized spacial score (nSPS) is 15.5. The topological polar surface area (TPSA) is 108 Å². The molecule has 9 heteroatoms. The minimum absolute atomic E-state index is 0.0610. The van der Waals surface area contributed by atoms with Crippen LogP contribution in [0.1, 0.15) is 22.3 Å². The number of amides is 3. The van der Waals surface area contributed by atoms with Crippen LogP contribution in [0, 0.1) is 5.82 Å². The van der Waals surface area contributed by atoms with Gasteiger partial charge in [-0.15, -0.1) is 0 Å². The lowest BCUT2D eigenvalue weighted by Crippen LogP contribution is -2.40. The molecule has 0 saturated carbocycles. The summed E-state index contributed by atoms with van der Waals surface area (Å²) < 4.78 is 13.2. The number of nitrogens with zero attached hydrogens (tertiary/aromatic N) is 3. The number of benzene rings is 2. The molecule has 0 fully saturated rings. The molecule has 8 nitrogen and oxygen atoms in total. The van der Waals surface area contributed by atoms with Crippen molar-refractivity contribution in [1.29, 1.82) is 0 Å². The van der Waals surface area contributed by atoms with Gasteiger partial charge in [-0.3, -0.25) is 19.4 Å². The number of carbonyl (C=O) groups excluding carboxylic acids is 3. The molecule has 30 heavy (non-hydrogen) atoms. The van der Waals surface area contributed by atoms with E-state index in [4.69, 9.17) is 5.73 Å². The number of nitrogens with two attached hydrogens (primary N) is 1. The van der Waals surface area contributed by atoms with Gasteiger partial charge >= 0.3 is 0 Å². The Morgan fingerprint density at radius 2 is 1.80 bits per heavy atom. The maximum atomic E-state index is 13.2. The van der Waals surface area contributed by atoms with Gasteiger partial charge in [0.15, 0.2) is 0 Å². The number of carbonyl (C=O) groups is 3. The van der Waals surface area contributed by atoms with E-state index in [2.05, 4.69) is 10.4 Å². The smallest absolute Gasteiger partial charge is 0.270 e. The summed E-state index contributed by atoms with van der Waals surface area (Å²) in [5.74, 6) is -1.58. The third-order valence-electron chi connectivity index (χ3n) is 4.79. The Kier molecular flexibility index (Phi) is 6.10. The first-order valence-electron chi connectivity index (χ1n) is 9.28. The number of hydrazone groups is 1. The molecule has 156 valence electrons. The molecule has 1 aliphatic heterocycles. The SMILES string of the molecule is CNC(=O)c1ccc(CN(C)C(=O)C2=NN(c3ccc(F)cc3)[C@@H](C(N)=O)C2)cc1. The van der Waals surface area contributed by atoms with Gasteiger partial charge in [-0.1, -0.05) is 12.1 Å². The quantitative estimate of drug-likeness (QED) is 0.746. The lowest BCUT2D eigenvalue weighted by Gasteiger charge is -2.20. The molecule has 3 amide bonds. The summed E-state index contributed by atoms with van der Waals surface area (Å²) in [6.07, 6.45) is 0.0610. The highest BCUT2D eigenvalue weighted by molar-refractivity contribution is 6.40. The van der Waals surface area contributed by atoms with Gasteiger partial charge in [-0.2, -0.15) is 5.10 Å². The molecule has 0 aliphatic carbocycles. The lowest BCUT2D eigenvalue weighted by atomic mass is 10.1. The van der Waals surface area contributed by atoms with Crippen molar-refractivity contribution in [3.63, 3.8) is 0 Å². The van der Waals surface area contributed by atoms with Crippen LogP contribution < -0.4 is 16.1 Å². The molecule has 1 atom stereocenters. The van der Waals surface area contributed by atoms with E-state index in [1.807, 2.05) is 0 Å². The molecule has 0 aromatic heterocycles. The Balaban J connectivity index is 1.74. The zero-order valence-corrected chi connectivity index (χ0v) is 16.6. The third-order valence-corrected chi connectivity index (χ3v) is 4.79. The van der Waals surface area contributed by atoms with Crippen LogP contribution >= 0.6 is 0 Å². The van der Waals surface area contributed by atoms with Crippen molar-refractivity contribution in [2.45, 2.75) is 19.0 Å². The highest BCUT2D eigenvalue weighted by Gasteiger charge is 2.36. The molecular weight excluding hydrogens is 389 g/mol. The maximum absolute atomic E-state index is 13.2. The molecule has 0 spiro atoms. The number of primary amides is 1. The number of nitrogens with one attached hydrogen (secondary N) is 1. The molecule has 2 aromatic carbocycles. The van der Waals surface area contributed by atoms with Crippen LogP contribution in [0.2, 0.25) is 0 Å². The first kappa shape index (κ1) is 21.0. The summed E-state index contributed by atoms with van der Waals surface area (Å²) in [5.41, 5.74) is 7.49. The number of rotatable bonds is 6. The summed E-state index contributed by atoms with van der Waals surface area (Å²) in [6, 6.07) is 11.5. The van der Waals surface area contributed by atoms with Crippen molar-refractivity contribution >= 4 is 29.1 Å². The van der Waals surface area contributed by atoms with Crippen molar-refractivity contribution in [1.82, 2.24) is 10.2 Å². The van der Waals surface area contributed by atoms with Crippen LogP contribution in [-0.4, -0.2) is 48.5 Å². The molecule has 1 heterocycles. The second-order valence-electron chi connectivity index (χ2n) is 6.93. The summed E-state index contributed by atoms with van der Waals surface area (Å²) >= 11 is 0. The minimum Gasteiger partial charge on any atom is -0.368 e. The van der Waals surface area contributed by atoms with E-state index in [-0.39, 0.29) is 23.9 Å². The van der Waals surface area contributed by atoms with Crippen molar-refractivity contribution < 1.29 is 18.8 Å². The van der Waals surface area contributed by atoms with Crippen molar-refractivity contribution in [3.05, 3.63) is 65.5 Å². The van der Waals surface area contributed by atoms with Gasteiger partial charge in [-0.25, -0.2) is 4.39 Å². The zero-order chi connectivity index (χ0) is 21.8. The second-order valence-corrected chi connectivity index (χ2v) is 6.93. The van der Waals surface area contributed by atoms with E-state index in [0.29, 0.717) is 17.8 Å². The first-order valence-corrected chi connectivity index (χ1v) is 9.28. The molecular formula is C21H22FN5O3. The fraction of sp³-hybridized carbons (Fsp3) is 0.238. The minimum atomic E-state index is -0.824. The van der Waals surface area contributed by atoms with Gasteiger partial charge < -0.3 is 16.0 Å². The largest absolute Gasteiger partial charge is 0.368 e. The standard InChI is InChI=1S/C21H22FN5O3/c1-24-20(29)14-5-3-13(4-6-14)12-26(2)21(30)17-11-18(19(23)28)27(25-17)16-9-7-15(22)8-10-16/h3-10,18H,11-12H2,1-2H3,(H2,23,28)(H,24,29)/t18-/m1/s1. The fourth-order valence-corrected chi connectivity index (χ4v) is 3.16. The van der Waals surface area contributed by atoms with Crippen molar-refractivity contribution in [2.24, 2.45) is 10.8 Å². The number of hydrogen-bond donors (Lipinski definition) is 2. The van der Waals surface area contributed by atoms with Crippen LogP contribution in [0.15, 0.2) is 53.6 Å². The van der Waals surface area contributed by atoms with E-state index in [9.17, 15) is 18.8 Å². The van der Waals surface area contributed by atoms with E-state index in [0.717, 1.165) is 5.56 Å². The molecule has 3 rings (SSSR count). The van der Waals surface area contributed by atoms with Gasteiger partial charge in [0.05, 0.1) is 5.69 Å². The highest BCUT2D eigenvalue weighted by atomic mass is 19.1. The summed E-state index contributed by atoms with van der Waals surface area (Å²) in [5, 5.41) is 8.18. The molecule has 0 bridgehead atoms. The molecule has 0 saturated heterocycles. The number of hydrogen-bond acceptors (Lipinski definition) is 5. The lowest BCUT2D eigenvalue weighted by molar-refractivity contribution is -0.123. The van der Waals surface area contributed by atoms with Gasteiger partial charge in [0, 0.05) is 32.6 Å². The predicted molar refractivity (Wildman–Crippen MR) is 110 cm³/mol. The molecule has 2 aromatic rings. The van der Waals surface area contributed by atoms with E-state index in [1.165, 1.54) is 34.2 Å². The molecule has 0 radical (unpaired) electrons. The van der Waals surface area contributed by atoms with E-state index < -0.39 is 17.8 Å². The second kappa shape index (κ2) is 8.73. The third kappa shape index (κ3) is 4.45. The number of halogens is 1. The van der Waals surface area contributed by atoms with Crippen molar-refractivity contribution in [3.8, 4) is 0 Å². The van der Waals surface area contributed by atoms with Crippen LogP contribution in [0.3, 0.4) is 0 Å². The van der Waals surface area contributed by atoms with Crippen LogP contribution in [0.25, 0.3) is 0 Å². The Morgan fingerprint density at radius 1 is 1.17 bits per heavy atom. The monoisotopic (exact) mass is 411 g/mol. The van der Waals surface area contributed by atoms with Gasteiger partial charge in [0.1, 0.15) is 17.6 Å². The number of anilines is 1.